The fourth-order valence-electron chi connectivity index (χ4n) is 3.11. The van der Waals surface area contributed by atoms with Crippen LogP contribution < -0.4 is 10.3 Å². The first kappa shape index (κ1) is 24.5. The van der Waals surface area contributed by atoms with Crippen molar-refractivity contribution >= 4 is 29.1 Å². The van der Waals surface area contributed by atoms with E-state index >= 15 is 0 Å². The van der Waals surface area contributed by atoms with E-state index in [1.807, 2.05) is 46.8 Å². The van der Waals surface area contributed by atoms with Gasteiger partial charge in [0, 0.05) is 17.7 Å². The summed E-state index contributed by atoms with van der Waals surface area (Å²) in [4.78, 5) is 25.4. The minimum atomic E-state index is -0.424. The summed E-state index contributed by atoms with van der Waals surface area (Å²) in [6, 6.07) is 3.81. The molecule has 0 amide bonds. The number of ether oxygens (including phenoxy) is 1. The number of thioether (sulfide) groups is 1. The highest BCUT2D eigenvalue weighted by Crippen LogP contribution is 2.28. The van der Waals surface area contributed by atoms with Crippen molar-refractivity contribution in [3.8, 4) is 5.75 Å². The highest BCUT2D eigenvalue weighted by atomic mass is 35.5. The summed E-state index contributed by atoms with van der Waals surface area (Å²) < 4.78 is 7.37. The number of hydrogen-bond acceptors (Lipinski definition) is 5. The Morgan fingerprint density at radius 3 is 2.43 bits per heavy atom. The Bertz CT molecular complexity index is 941. The summed E-state index contributed by atoms with van der Waals surface area (Å²) in [5.74, 6) is 1.60. The largest absolute Gasteiger partial charge is 0.492 e. The van der Waals surface area contributed by atoms with Crippen LogP contribution in [0, 0.1) is 13.8 Å². The van der Waals surface area contributed by atoms with Crippen LogP contribution >= 0.6 is 23.4 Å². The summed E-state index contributed by atoms with van der Waals surface area (Å²) >= 11 is 7.71. The molecule has 30 heavy (non-hydrogen) atoms. The van der Waals surface area contributed by atoms with Gasteiger partial charge in [0.25, 0.3) is 5.56 Å². The zero-order valence-electron chi connectivity index (χ0n) is 18.7. The lowest BCUT2D eigenvalue weighted by Crippen LogP contribution is -2.36. The molecule has 0 spiro atoms. The van der Waals surface area contributed by atoms with Gasteiger partial charge in [-0.05, 0) is 64.3 Å². The molecule has 0 unspecified atom stereocenters. The van der Waals surface area contributed by atoms with E-state index in [0.717, 1.165) is 35.3 Å². The molecule has 164 valence electrons. The summed E-state index contributed by atoms with van der Waals surface area (Å²) in [7, 11) is 0. The van der Waals surface area contributed by atoms with Crippen molar-refractivity contribution in [2.24, 2.45) is 0 Å². The lowest BCUT2D eigenvalue weighted by Gasteiger charge is -2.21. The number of unbranched alkanes of at least 4 members (excludes halogenated alkanes) is 1. The van der Waals surface area contributed by atoms with Crippen molar-refractivity contribution in [1.29, 1.82) is 0 Å². The van der Waals surface area contributed by atoms with Gasteiger partial charge in [0.1, 0.15) is 10.8 Å². The zero-order chi connectivity index (χ0) is 22.5. The van der Waals surface area contributed by atoms with Crippen LogP contribution in [0.1, 0.15) is 68.4 Å². The van der Waals surface area contributed by atoms with Crippen LogP contribution in [0.15, 0.2) is 28.0 Å². The van der Waals surface area contributed by atoms with E-state index in [4.69, 9.17) is 16.3 Å². The molecule has 0 aliphatic rings. The van der Waals surface area contributed by atoms with Crippen LogP contribution in [0.2, 0.25) is 5.02 Å². The molecule has 7 heteroatoms. The molecule has 0 saturated heterocycles. The SMILES string of the molecule is CCCCC(=O)c1cc(C)c(OCCSc2cnn(C(C)(C)C)c(=O)c2Cl)c(C)c1. The minimum Gasteiger partial charge on any atom is -0.492 e. The molecule has 1 heterocycles. The molecule has 0 aliphatic carbocycles. The maximum absolute atomic E-state index is 12.4. The normalized spacial score (nSPS) is 11.6. The third-order valence-corrected chi connectivity index (χ3v) is 6.12. The van der Waals surface area contributed by atoms with Crippen molar-refractivity contribution in [3.63, 3.8) is 0 Å². The predicted molar refractivity (Wildman–Crippen MR) is 124 cm³/mol. The number of benzene rings is 1. The lowest BCUT2D eigenvalue weighted by atomic mass is 10.00. The van der Waals surface area contributed by atoms with Crippen molar-refractivity contribution in [1.82, 2.24) is 9.78 Å². The molecule has 0 radical (unpaired) electrons. The van der Waals surface area contributed by atoms with Crippen LogP contribution in [-0.4, -0.2) is 27.9 Å². The Morgan fingerprint density at radius 2 is 1.87 bits per heavy atom. The number of nitrogens with zero attached hydrogens (tertiary/aromatic N) is 2. The number of rotatable bonds is 9. The van der Waals surface area contributed by atoms with E-state index in [9.17, 15) is 9.59 Å². The van der Waals surface area contributed by atoms with E-state index in [2.05, 4.69) is 12.0 Å². The van der Waals surface area contributed by atoms with Gasteiger partial charge >= 0.3 is 0 Å². The quantitative estimate of drug-likeness (QED) is 0.274. The number of carbonyl (C=O) groups is 1. The molecule has 5 nitrogen and oxygen atoms in total. The first-order valence-electron chi connectivity index (χ1n) is 10.2. The molecule has 2 aromatic rings. The van der Waals surface area contributed by atoms with Gasteiger partial charge in [-0.1, -0.05) is 24.9 Å². The summed E-state index contributed by atoms with van der Waals surface area (Å²) in [6.07, 6.45) is 4.12. The second kappa shape index (κ2) is 10.5. The van der Waals surface area contributed by atoms with Gasteiger partial charge < -0.3 is 4.74 Å². The number of Topliss-reactive ketones (excluding diaryl/α,β-unsaturated/α-hetero) is 1. The van der Waals surface area contributed by atoms with E-state index in [1.54, 1.807) is 6.20 Å². The van der Waals surface area contributed by atoms with Gasteiger partial charge in [0.2, 0.25) is 0 Å². The summed E-state index contributed by atoms with van der Waals surface area (Å²) in [5, 5.41) is 4.44. The monoisotopic (exact) mass is 450 g/mol. The van der Waals surface area contributed by atoms with Crippen molar-refractivity contribution < 1.29 is 9.53 Å². The predicted octanol–water partition coefficient (Wildman–Crippen LogP) is 5.81. The first-order valence-corrected chi connectivity index (χ1v) is 11.6. The smallest absolute Gasteiger partial charge is 0.287 e. The Hall–Kier alpha value is -1.79. The van der Waals surface area contributed by atoms with Gasteiger partial charge in [0.05, 0.1) is 23.2 Å². The fourth-order valence-corrected chi connectivity index (χ4v) is 4.13. The number of halogens is 1. The van der Waals surface area contributed by atoms with Gasteiger partial charge in [0.15, 0.2) is 5.78 Å². The molecule has 0 aliphatic heterocycles. The Kier molecular flexibility index (Phi) is 8.56. The standard InChI is InChI=1S/C23H31ClN2O3S/c1-7-8-9-18(27)17-12-15(2)21(16(3)13-17)29-10-11-30-19-14-25-26(23(4,5)6)22(28)20(19)24/h12-14H,7-11H2,1-6H3. The average molecular weight is 451 g/mol. The maximum atomic E-state index is 12.4. The van der Waals surface area contributed by atoms with Crippen LogP contribution in [0.4, 0.5) is 0 Å². The summed E-state index contributed by atoms with van der Waals surface area (Å²) in [5.41, 5.74) is 1.94. The van der Waals surface area contributed by atoms with Crippen molar-refractivity contribution in [2.45, 2.75) is 71.2 Å². The second-order valence-electron chi connectivity index (χ2n) is 8.37. The molecule has 1 aromatic carbocycles. The number of carbonyl (C=O) groups excluding carboxylic acids is 1. The van der Waals surface area contributed by atoms with Crippen LogP contribution in [-0.2, 0) is 5.54 Å². The van der Waals surface area contributed by atoms with E-state index in [-0.39, 0.29) is 16.4 Å². The molecule has 0 atom stereocenters. The highest BCUT2D eigenvalue weighted by Gasteiger charge is 2.19. The molecule has 0 saturated carbocycles. The Balaban J connectivity index is 2.00. The molecule has 1 aromatic heterocycles. The summed E-state index contributed by atoms with van der Waals surface area (Å²) in [6.45, 7) is 12.2. The van der Waals surface area contributed by atoms with Gasteiger partial charge in [-0.3, -0.25) is 9.59 Å². The van der Waals surface area contributed by atoms with Crippen molar-refractivity contribution in [2.75, 3.05) is 12.4 Å². The molecule has 0 fully saturated rings. The first-order chi connectivity index (χ1) is 14.1. The number of aromatic nitrogens is 2. The van der Waals surface area contributed by atoms with Crippen LogP contribution in [0.5, 0.6) is 5.75 Å². The van der Waals surface area contributed by atoms with Crippen molar-refractivity contribution in [3.05, 3.63) is 50.4 Å². The van der Waals surface area contributed by atoms with Crippen LogP contribution in [0.25, 0.3) is 0 Å². The maximum Gasteiger partial charge on any atom is 0.287 e. The Labute approximate surface area is 188 Å². The molecular formula is C23H31ClN2O3S. The topological polar surface area (TPSA) is 61.2 Å². The second-order valence-corrected chi connectivity index (χ2v) is 9.89. The zero-order valence-corrected chi connectivity index (χ0v) is 20.2. The van der Waals surface area contributed by atoms with Gasteiger partial charge in [-0.25, -0.2) is 4.68 Å². The Morgan fingerprint density at radius 1 is 1.23 bits per heavy atom. The molecule has 0 bridgehead atoms. The molecular weight excluding hydrogens is 420 g/mol. The minimum absolute atomic E-state index is 0.178. The van der Waals surface area contributed by atoms with Gasteiger partial charge in [-0.15, -0.1) is 11.8 Å². The number of hydrogen-bond donors (Lipinski definition) is 0. The molecule has 0 N–H and O–H groups in total. The molecule has 2 rings (SSSR count). The third kappa shape index (κ3) is 6.11. The van der Waals surface area contributed by atoms with E-state index in [0.29, 0.717) is 23.7 Å². The third-order valence-electron chi connectivity index (χ3n) is 4.65. The van der Waals surface area contributed by atoms with Gasteiger partial charge in [-0.2, -0.15) is 5.10 Å². The number of ketones is 1. The highest BCUT2D eigenvalue weighted by molar-refractivity contribution is 7.99. The number of aryl methyl sites for hydroxylation is 2. The lowest BCUT2D eigenvalue weighted by molar-refractivity contribution is 0.0979. The van der Waals surface area contributed by atoms with E-state index in [1.165, 1.54) is 16.4 Å². The van der Waals surface area contributed by atoms with E-state index < -0.39 is 5.54 Å². The average Bonchev–Trinajstić information content (AvgIpc) is 2.66. The van der Waals surface area contributed by atoms with Crippen LogP contribution in [0.3, 0.4) is 0 Å². The fraction of sp³-hybridized carbons (Fsp3) is 0.522.